The number of carbonyl (C=O) groups is 7. The van der Waals surface area contributed by atoms with E-state index in [2.05, 4.69) is 27.4 Å². The zero-order valence-corrected chi connectivity index (χ0v) is 46.6. The van der Waals surface area contributed by atoms with E-state index in [4.69, 9.17) is 28.4 Å². The molecule has 0 rings (SSSR count). The molecule has 0 fully saturated rings. The van der Waals surface area contributed by atoms with E-state index in [0.29, 0.717) is 31.4 Å². The lowest BCUT2D eigenvalue weighted by atomic mass is 10.1. The molecule has 0 bridgehead atoms. The Morgan fingerprint density at radius 1 is 0.417 bits per heavy atom. The van der Waals surface area contributed by atoms with Gasteiger partial charge in [0.15, 0.2) is 12.2 Å². The number of nitrogens with zero attached hydrogens (tertiary/aromatic N) is 2. The van der Waals surface area contributed by atoms with Gasteiger partial charge in [0.2, 0.25) is 0 Å². The van der Waals surface area contributed by atoms with Crippen LogP contribution in [0.2, 0.25) is 0 Å². The normalized spacial score (nSPS) is 11.5. The summed E-state index contributed by atoms with van der Waals surface area (Å²) in [7, 11) is 3.93. The third-order valence-corrected chi connectivity index (χ3v) is 12.9. The van der Waals surface area contributed by atoms with Gasteiger partial charge in [0.05, 0.1) is 0 Å². The first-order valence-electron chi connectivity index (χ1n) is 28.0. The Kier molecular flexibility index (Phi) is 47.0. The summed E-state index contributed by atoms with van der Waals surface area (Å²) in [6.07, 6.45) is 24.9. The van der Waals surface area contributed by atoms with Crippen LogP contribution in [0.5, 0.6) is 0 Å². The first kappa shape index (κ1) is 68.3. The second-order valence-corrected chi connectivity index (χ2v) is 20.3. The standard InChI is InChI=1S/C56H100N2O13S/c1-7-11-15-19-23-27-34-50(59)66-44-48(45-67-51(60)35-28-24-20-16-12-8-2)70-54(63)38-31-41-58(56(65)72-43-33-40-57(5)6)42-32-39-55(64)71-49(46-68-52(61)36-29-25-21-17-13-9-3)47-69-53(62)37-30-26-22-18-14-10-4/h7,48-49H,1,8-47H2,2-6H3. The summed E-state index contributed by atoms with van der Waals surface area (Å²) in [6.45, 7) is 10.4. The highest BCUT2D eigenvalue weighted by atomic mass is 32.2. The molecule has 1 unspecified atom stereocenters. The van der Waals surface area contributed by atoms with E-state index in [1.54, 1.807) is 4.90 Å². The van der Waals surface area contributed by atoms with Crippen molar-refractivity contribution in [1.82, 2.24) is 9.80 Å². The van der Waals surface area contributed by atoms with Gasteiger partial charge in [-0.1, -0.05) is 148 Å². The molecule has 16 heteroatoms. The van der Waals surface area contributed by atoms with Crippen LogP contribution in [0.15, 0.2) is 12.7 Å². The summed E-state index contributed by atoms with van der Waals surface area (Å²) in [5.74, 6) is -2.21. The Labute approximate surface area is 440 Å². The van der Waals surface area contributed by atoms with E-state index in [-0.39, 0.29) is 96.1 Å². The van der Waals surface area contributed by atoms with Gasteiger partial charge < -0.3 is 38.2 Å². The molecule has 0 aromatic rings. The molecule has 72 heavy (non-hydrogen) atoms. The van der Waals surface area contributed by atoms with Crippen LogP contribution in [0.3, 0.4) is 0 Å². The average Bonchev–Trinajstić information content (AvgIpc) is 3.35. The number of hydrogen-bond acceptors (Lipinski definition) is 15. The predicted molar refractivity (Wildman–Crippen MR) is 287 cm³/mol. The Hall–Kier alpha value is -3.66. The molecule has 0 saturated heterocycles. The van der Waals surface area contributed by atoms with Gasteiger partial charge >= 0.3 is 35.8 Å². The quantitative estimate of drug-likeness (QED) is 0.0243. The molecule has 15 nitrogen and oxygen atoms in total. The van der Waals surface area contributed by atoms with Crippen LogP contribution in [-0.2, 0) is 57.2 Å². The molecule has 0 heterocycles. The molecule has 0 aliphatic rings. The van der Waals surface area contributed by atoms with Gasteiger partial charge in [-0.15, -0.1) is 6.58 Å². The van der Waals surface area contributed by atoms with Gasteiger partial charge in [-0.3, -0.25) is 33.6 Å². The molecule has 0 N–H and O–H groups in total. The number of unbranched alkanes of at least 4 members (excludes halogenated alkanes) is 19. The van der Waals surface area contributed by atoms with Crippen LogP contribution < -0.4 is 0 Å². The molecule has 0 aromatic carbocycles. The van der Waals surface area contributed by atoms with Gasteiger partial charge in [0.25, 0.3) is 5.24 Å². The van der Waals surface area contributed by atoms with Crippen LogP contribution in [-0.4, -0.2) is 129 Å². The Morgan fingerprint density at radius 2 is 0.736 bits per heavy atom. The van der Waals surface area contributed by atoms with Gasteiger partial charge in [-0.2, -0.15) is 0 Å². The number of carbonyl (C=O) groups excluding carboxylic acids is 7. The summed E-state index contributed by atoms with van der Waals surface area (Å²) in [6, 6.07) is 0. The first-order chi connectivity index (χ1) is 34.8. The monoisotopic (exact) mass is 1040 g/mol. The number of ether oxygens (including phenoxy) is 6. The van der Waals surface area contributed by atoms with Crippen molar-refractivity contribution in [2.24, 2.45) is 0 Å². The maximum absolute atomic E-state index is 13.5. The summed E-state index contributed by atoms with van der Waals surface area (Å²) >= 11 is 1.17. The van der Waals surface area contributed by atoms with Gasteiger partial charge in [0.1, 0.15) is 26.4 Å². The van der Waals surface area contributed by atoms with E-state index in [1.165, 1.54) is 11.8 Å². The van der Waals surface area contributed by atoms with Gasteiger partial charge in [-0.05, 0) is 78.4 Å². The zero-order valence-electron chi connectivity index (χ0n) is 45.8. The Bertz CT molecular complexity index is 1400. The minimum Gasteiger partial charge on any atom is -0.462 e. The maximum Gasteiger partial charge on any atom is 0.306 e. The van der Waals surface area contributed by atoms with Crippen molar-refractivity contribution in [1.29, 1.82) is 0 Å². The van der Waals surface area contributed by atoms with Crippen molar-refractivity contribution < 1.29 is 62.0 Å². The Balaban J connectivity index is 5.57. The molecule has 1 amide bonds. The second-order valence-electron chi connectivity index (χ2n) is 19.2. The van der Waals surface area contributed by atoms with Crippen molar-refractivity contribution >= 4 is 52.8 Å². The average molecular weight is 1040 g/mol. The molecule has 1 atom stereocenters. The third kappa shape index (κ3) is 45.0. The molecular formula is C56H100N2O13S. The fourth-order valence-corrected chi connectivity index (χ4v) is 8.38. The molecule has 0 aliphatic heterocycles. The van der Waals surface area contributed by atoms with Crippen molar-refractivity contribution in [3.05, 3.63) is 12.7 Å². The summed E-state index contributed by atoms with van der Waals surface area (Å²) in [5, 5.41) is -0.189. The van der Waals surface area contributed by atoms with Crippen LogP contribution in [0.25, 0.3) is 0 Å². The lowest BCUT2D eigenvalue weighted by Gasteiger charge is -2.23. The Morgan fingerprint density at radius 3 is 1.07 bits per heavy atom. The largest absolute Gasteiger partial charge is 0.462 e. The first-order valence-corrected chi connectivity index (χ1v) is 29.0. The maximum atomic E-state index is 13.5. The van der Waals surface area contributed by atoms with E-state index >= 15 is 0 Å². The minimum absolute atomic E-state index is 0.0572. The van der Waals surface area contributed by atoms with E-state index < -0.39 is 48.0 Å². The fraction of sp³-hybridized carbons (Fsp3) is 0.839. The van der Waals surface area contributed by atoms with Crippen molar-refractivity contribution in [3.63, 3.8) is 0 Å². The summed E-state index contributed by atoms with van der Waals surface area (Å²) in [4.78, 5) is 93.9. The van der Waals surface area contributed by atoms with Crippen LogP contribution in [0, 0.1) is 0 Å². The van der Waals surface area contributed by atoms with E-state index in [1.807, 2.05) is 25.1 Å². The highest BCUT2D eigenvalue weighted by Gasteiger charge is 2.23. The van der Waals surface area contributed by atoms with Crippen LogP contribution >= 0.6 is 11.8 Å². The minimum atomic E-state index is -0.991. The molecule has 0 aromatic heterocycles. The second kappa shape index (κ2) is 49.5. The zero-order chi connectivity index (χ0) is 53.3. The molecule has 0 radical (unpaired) electrons. The molecule has 0 aliphatic carbocycles. The summed E-state index contributed by atoms with van der Waals surface area (Å²) < 4.78 is 33.3. The molecule has 418 valence electrons. The number of thioether (sulfide) groups is 1. The number of amides is 1. The highest BCUT2D eigenvalue weighted by Crippen LogP contribution is 2.16. The van der Waals surface area contributed by atoms with Crippen LogP contribution in [0.4, 0.5) is 4.79 Å². The van der Waals surface area contributed by atoms with Crippen molar-refractivity contribution in [3.8, 4) is 0 Å². The predicted octanol–water partition coefficient (Wildman–Crippen LogP) is 12.4. The van der Waals surface area contributed by atoms with Crippen molar-refractivity contribution in [2.75, 3.05) is 65.9 Å². The molecular weight excluding hydrogens is 941 g/mol. The van der Waals surface area contributed by atoms with Crippen molar-refractivity contribution in [2.45, 2.75) is 238 Å². The van der Waals surface area contributed by atoms with Gasteiger partial charge in [-0.25, -0.2) is 0 Å². The molecule has 0 saturated carbocycles. The smallest absolute Gasteiger partial charge is 0.306 e. The third-order valence-electron chi connectivity index (χ3n) is 11.9. The van der Waals surface area contributed by atoms with Crippen LogP contribution in [0.1, 0.15) is 226 Å². The summed E-state index contributed by atoms with van der Waals surface area (Å²) in [5.41, 5.74) is 0. The lowest BCUT2D eigenvalue weighted by molar-refractivity contribution is -0.167. The number of hydrogen-bond donors (Lipinski definition) is 0. The van der Waals surface area contributed by atoms with E-state index in [0.717, 1.165) is 135 Å². The van der Waals surface area contributed by atoms with Gasteiger partial charge in [0, 0.05) is 57.4 Å². The lowest BCUT2D eigenvalue weighted by Crippen LogP contribution is -2.33. The number of esters is 6. The number of rotatable bonds is 50. The molecule has 0 spiro atoms. The topological polar surface area (TPSA) is 181 Å². The fourth-order valence-electron chi connectivity index (χ4n) is 7.57. The number of allylic oxidation sites excluding steroid dienone is 1. The van der Waals surface area contributed by atoms with E-state index in [9.17, 15) is 33.6 Å². The highest BCUT2D eigenvalue weighted by molar-refractivity contribution is 8.13. The SMILES string of the molecule is C=CCCCCCCC(=O)OCC(COC(=O)CCCCCCCC)OC(=O)CCCN(CCCC(=O)OC(COC(=O)CCCCCCCC)COC(=O)CCCCCCCC)C(=O)SCCCN(C)C.